The van der Waals surface area contributed by atoms with Gasteiger partial charge < -0.3 is 18.9 Å². The number of hydrogen-bond donors (Lipinski definition) is 0. The SMILES string of the molecule is COC1=C[C@]2(C)[C@@H](c3ccccc3)C(c3ccc(OC)cc3)=C[C@]2(OC)[C@H]1c1ccc(OC)cc1. The molecule has 3 aromatic carbocycles. The molecule has 0 heterocycles. The second kappa shape index (κ2) is 8.94. The molecule has 0 aliphatic heterocycles. The Labute approximate surface area is 207 Å². The van der Waals surface area contributed by atoms with Crippen molar-refractivity contribution in [3.63, 3.8) is 0 Å². The van der Waals surface area contributed by atoms with Crippen LogP contribution in [0.3, 0.4) is 0 Å². The van der Waals surface area contributed by atoms with Gasteiger partial charge in [0.05, 0.1) is 27.2 Å². The summed E-state index contributed by atoms with van der Waals surface area (Å²) in [5.41, 5.74) is 3.76. The van der Waals surface area contributed by atoms with E-state index in [0.717, 1.165) is 28.4 Å². The molecule has 0 spiro atoms. The highest BCUT2D eigenvalue weighted by Crippen LogP contribution is 2.68. The lowest BCUT2D eigenvalue weighted by Gasteiger charge is -2.43. The summed E-state index contributed by atoms with van der Waals surface area (Å²) in [6.45, 7) is 2.30. The minimum Gasteiger partial charge on any atom is -0.501 e. The van der Waals surface area contributed by atoms with Crippen LogP contribution >= 0.6 is 0 Å². The predicted octanol–water partition coefficient (Wildman–Crippen LogP) is 6.60. The van der Waals surface area contributed by atoms with Crippen LogP contribution in [-0.2, 0) is 9.47 Å². The molecule has 0 unspecified atom stereocenters. The molecule has 2 aliphatic carbocycles. The quantitative estimate of drug-likeness (QED) is 0.391. The van der Waals surface area contributed by atoms with E-state index in [4.69, 9.17) is 18.9 Å². The van der Waals surface area contributed by atoms with Gasteiger partial charge in [0.25, 0.3) is 0 Å². The molecular formula is C31H32O4. The number of allylic oxidation sites excluding steroid dienone is 1. The van der Waals surface area contributed by atoms with Crippen LogP contribution in [0.1, 0.15) is 35.4 Å². The zero-order valence-electron chi connectivity index (χ0n) is 20.9. The van der Waals surface area contributed by atoms with Gasteiger partial charge in [-0.25, -0.2) is 0 Å². The van der Waals surface area contributed by atoms with E-state index in [9.17, 15) is 0 Å². The molecule has 0 aromatic heterocycles. The first-order valence-corrected chi connectivity index (χ1v) is 11.9. The second-order valence-corrected chi connectivity index (χ2v) is 9.41. The number of benzene rings is 3. The molecule has 180 valence electrons. The molecule has 3 aromatic rings. The molecule has 0 fully saturated rings. The van der Waals surface area contributed by atoms with Gasteiger partial charge in [0, 0.05) is 18.4 Å². The predicted molar refractivity (Wildman–Crippen MR) is 139 cm³/mol. The molecule has 5 rings (SSSR count). The van der Waals surface area contributed by atoms with Gasteiger partial charge in [-0.3, -0.25) is 0 Å². The first kappa shape index (κ1) is 23.3. The van der Waals surface area contributed by atoms with Crippen LogP contribution in [0.4, 0.5) is 0 Å². The van der Waals surface area contributed by atoms with Crippen LogP contribution < -0.4 is 9.47 Å². The second-order valence-electron chi connectivity index (χ2n) is 9.41. The van der Waals surface area contributed by atoms with E-state index < -0.39 is 5.60 Å². The summed E-state index contributed by atoms with van der Waals surface area (Å²) in [4.78, 5) is 0. The summed E-state index contributed by atoms with van der Waals surface area (Å²) in [6, 6.07) is 27.2. The first-order chi connectivity index (χ1) is 17.0. The minimum atomic E-state index is -0.636. The Balaban J connectivity index is 1.73. The van der Waals surface area contributed by atoms with Crippen LogP contribution in [0.25, 0.3) is 5.57 Å². The van der Waals surface area contributed by atoms with Crippen molar-refractivity contribution in [1.82, 2.24) is 0 Å². The van der Waals surface area contributed by atoms with Gasteiger partial charge in [-0.15, -0.1) is 0 Å². The van der Waals surface area contributed by atoms with Crippen LogP contribution in [0, 0.1) is 5.41 Å². The van der Waals surface area contributed by atoms with E-state index >= 15 is 0 Å². The third-order valence-electron chi connectivity index (χ3n) is 7.86. The lowest BCUT2D eigenvalue weighted by molar-refractivity contribution is -0.0477. The largest absolute Gasteiger partial charge is 0.501 e. The van der Waals surface area contributed by atoms with E-state index in [2.05, 4.69) is 73.7 Å². The van der Waals surface area contributed by atoms with Gasteiger partial charge in [-0.2, -0.15) is 0 Å². The van der Waals surface area contributed by atoms with Crippen LogP contribution in [0.15, 0.2) is 96.8 Å². The fourth-order valence-electron chi connectivity index (χ4n) is 6.19. The van der Waals surface area contributed by atoms with Gasteiger partial charge in [-0.05, 0) is 58.7 Å². The maximum absolute atomic E-state index is 6.57. The lowest BCUT2D eigenvalue weighted by atomic mass is 9.65. The van der Waals surface area contributed by atoms with Crippen molar-refractivity contribution in [2.24, 2.45) is 5.41 Å². The highest BCUT2D eigenvalue weighted by atomic mass is 16.5. The summed E-state index contributed by atoms with van der Waals surface area (Å²) < 4.78 is 23.4. The van der Waals surface area contributed by atoms with Crippen LogP contribution in [0.5, 0.6) is 11.5 Å². The summed E-state index contributed by atoms with van der Waals surface area (Å²) in [6.07, 6.45) is 4.62. The monoisotopic (exact) mass is 468 g/mol. The number of hydrogen-bond acceptors (Lipinski definition) is 4. The highest BCUT2D eigenvalue weighted by molar-refractivity contribution is 5.80. The molecule has 0 bridgehead atoms. The van der Waals surface area contributed by atoms with Crippen molar-refractivity contribution in [2.75, 3.05) is 28.4 Å². The summed E-state index contributed by atoms with van der Waals surface area (Å²) in [5.74, 6) is 2.56. The van der Waals surface area contributed by atoms with E-state index in [-0.39, 0.29) is 17.3 Å². The molecule has 0 N–H and O–H groups in total. The molecule has 0 radical (unpaired) electrons. The maximum atomic E-state index is 6.57. The Morgan fingerprint density at radius 3 is 1.71 bits per heavy atom. The van der Waals surface area contributed by atoms with Gasteiger partial charge in [0.15, 0.2) is 0 Å². The average Bonchev–Trinajstić information content (AvgIpc) is 3.32. The van der Waals surface area contributed by atoms with Gasteiger partial charge in [0.1, 0.15) is 22.9 Å². The number of ether oxygens (including phenoxy) is 4. The third-order valence-corrected chi connectivity index (χ3v) is 7.86. The summed E-state index contributed by atoms with van der Waals surface area (Å²) in [5, 5.41) is 0. The zero-order chi connectivity index (χ0) is 24.6. The van der Waals surface area contributed by atoms with Gasteiger partial charge in [0.2, 0.25) is 0 Å². The highest BCUT2D eigenvalue weighted by Gasteiger charge is 2.66. The Morgan fingerprint density at radius 2 is 1.17 bits per heavy atom. The Kier molecular flexibility index (Phi) is 5.94. The van der Waals surface area contributed by atoms with Crippen LogP contribution in [0.2, 0.25) is 0 Å². The fraction of sp³-hybridized carbons (Fsp3) is 0.290. The zero-order valence-corrected chi connectivity index (χ0v) is 20.9. The Morgan fingerprint density at radius 1 is 0.600 bits per heavy atom. The van der Waals surface area contributed by atoms with E-state index in [1.165, 1.54) is 11.1 Å². The molecule has 35 heavy (non-hydrogen) atoms. The topological polar surface area (TPSA) is 36.9 Å². The standard InChI is InChI=1S/C31H32O4/c1-30-20-27(34-4)29(23-13-17-25(33-3)18-14-23)31(30,35-5)19-26(21-11-15-24(32-2)16-12-21)28(30)22-9-7-6-8-10-22/h6-20,28-29H,1-5H3/t28-,29-,30+,31-/m0/s1. The fourth-order valence-corrected chi connectivity index (χ4v) is 6.19. The summed E-state index contributed by atoms with van der Waals surface area (Å²) in [7, 11) is 6.95. The molecular weight excluding hydrogens is 436 g/mol. The average molecular weight is 469 g/mol. The van der Waals surface area contributed by atoms with Gasteiger partial charge in [-0.1, -0.05) is 61.5 Å². The molecule has 4 atom stereocenters. The smallest absolute Gasteiger partial charge is 0.118 e. The number of fused-ring (bicyclic) bond motifs is 1. The normalized spacial score (nSPS) is 27.1. The van der Waals surface area contributed by atoms with Gasteiger partial charge >= 0.3 is 0 Å². The molecule has 2 aliphatic rings. The van der Waals surface area contributed by atoms with Crippen molar-refractivity contribution < 1.29 is 18.9 Å². The van der Waals surface area contributed by atoms with Crippen molar-refractivity contribution in [2.45, 2.75) is 24.4 Å². The first-order valence-electron chi connectivity index (χ1n) is 11.9. The number of methoxy groups -OCH3 is 4. The van der Waals surface area contributed by atoms with E-state index in [0.29, 0.717) is 0 Å². The molecule has 0 saturated carbocycles. The van der Waals surface area contributed by atoms with Crippen molar-refractivity contribution in [3.8, 4) is 11.5 Å². The maximum Gasteiger partial charge on any atom is 0.118 e. The van der Waals surface area contributed by atoms with Crippen LogP contribution in [-0.4, -0.2) is 34.0 Å². The molecule has 4 nitrogen and oxygen atoms in total. The molecule has 0 amide bonds. The molecule has 4 heteroatoms. The number of rotatable bonds is 7. The van der Waals surface area contributed by atoms with Crippen molar-refractivity contribution in [1.29, 1.82) is 0 Å². The van der Waals surface area contributed by atoms with E-state index in [1.807, 2.05) is 31.4 Å². The van der Waals surface area contributed by atoms with Crippen molar-refractivity contribution >= 4 is 5.57 Å². The van der Waals surface area contributed by atoms with Crippen molar-refractivity contribution in [3.05, 3.63) is 113 Å². The van der Waals surface area contributed by atoms with E-state index in [1.54, 1.807) is 21.3 Å². The Bertz CT molecular complexity index is 1240. The third kappa shape index (κ3) is 3.47. The Hall–Kier alpha value is -3.50. The minimum absolute atomic E-state index is 0.0745. The summed E-state index contributed by atoms with van der Waals surface area (Å²) >= 11 is 0. The lowest BCUT2D eigenvalue weighted by Crippen LogP contribution is -2.46. The molecule has 0 saturated heterocycles.